The fourth-order valence-electron chi connectivity index (χ4n) is 2.82. The van der Waals surface area contributed by atoms with Crippen LogP contribution in [-0.4, -0.2) is 34.1 Å². The normalized spacial score (nSPS) is 12.9. The van der Waals surface area contributed by atoms with Gasteiger partial charge in [-0.3, -0.25) is 29.4 Å². The number of carbonyl (C=O) groups excluding carboxylic acids is 3. The van der Waals surface area contributed by atoms with Crippen molar-refractivity contribution in [1.29, 1.82) is 0 Å². The predicted octanol–water partition coefficient (Wildman–Crippen LogP) is 2.53. The first-order valence-corrected chi connectivity index (χ1v) is 7.88. The van der Waals surface area contributed by atoms with Crippen LogP contribution in [0.15, 0.2) is 42.5 Å². The van der Waals surface area contributed by atoms with E-state index in [0.29, 0.717) is 22.4 Å². The molecule has 0 saturated carbocycles. The Balaban J connectivity index is 1.62. The van der Waals surface area contributed by atoms with Crippen LogP contribution in [0.2, 0.25) is 0 Å². The molecule has 8 nitrogen and oxygen atoms in total. The zero-order chi connectivity index (χ0) is 18.8. The summed E-state index contributed by atoms with van der Waals surface area (Å²) in [6.07, 6.45) is -0.0680. The maximum Gasteiger partial charge on any atom is 0.272 e. The van der Waals surface area contributed by atoms with E-state index in [0.717, 1.165) is 4.90 Å². The summed E-state index contributed by atoms with van der Waals surface area (Å²) in [5, 5.41) is 13.4. The summed E-state index contributed by atoms with van der Waals surface area (Å²) in [6.45, 7) is 1.54. The second kappa shape index (κ2) is 6.75. The first-order valence-electron chi connectivity index (χ1n) is 7.88. The number of hydrogen-bond acceptors (Lipinski definition) is 5. The van der Waals surface area contributed by atoms with E-state index < -0.39 is 22.6 Å². The van der Waals surface area contributed by atoms with Gasteiger partial charge in [-0.1, -0.05) is 12.1 Å². The van der Waals surface area contributed by atoms with Crippen LogP contribution in [0, 0.1) is 17.0 Å². The van der Waals surface area contributed by atoms with Crippen LogP contribution < -0.4 is 5.32 Å². The molecule has 1 aliphatic rings. The van der Waals surface area contributed by atoms with Crippen molar-refractivity contribution in [2.24, 2.45) is 0 Å². The van der Waals surface area contributed by atoms with E-state index in [2.05, 4.69) is 5.32 Å². The van der Waals surface area contributed by atoms with Gasteiger partial charge in [0.05, 0.1) is 16.1 Å². The van der Waals surface area contributed by atoms with Gasteiger partial charge in [-0.25, -0.2) is 0 Å². The predicted molar refractivity (Wildman–Crippen MR) is 92.9 cm³/mol. The number of amides is 3. The smallest absolute Gasteiger partial charge is 0.272 e. The molecule has 0 fully saturated rings. The number of benzene rings is 2. The monoisotopic (exact) mass is 353 g/mol. The van der Waals surface area contributed by atoms with Crippen molar-refractivity contribution in [2.45, 2.75) is 13.3 Å². The standard InChI is InChI=1S/C18H15N3O5/c1-11-10-12(6-7-15(11)21(25)26)19-16(22)8-9-20-17(23)13-4-2-3-5-14(13)18(20)24/h2-7,10H,8-9H2,1H3,(H,19,22). The summed E-state index contributed by atoms with van der Waals surface area (Å²) >= 11 is 0. The number of nitro benzene ring substituents is 1. The van der Waals surface area contributed by atoms with Crippen LogP contribution in [0.1, 0.15) is 32.7 Å². The summed E-state index contributed by atoms with van der Waals surface area (Å²) in [5.74, 6) is -1.22. The van der Waals surface area contributed by atoms with Gasteiger partial charge in [0.2, 0.25) is 5.91 Å². The van der Waals surface area contributed by atoms with Crippen LogP contribution in [0.4, 0.5) is 11.4 Å². The quantitative estimate of drug-likeness (QED) is 0.504. The number of carbonyl (C=O) groups is 3. The van der Waals surface area contributed by atoms with Crippen LogP contribution in [-0.2, 0) is 4.79 Å². The van der Waals surface area contributed by atoms with E-state index in [9.17, 15) is 24.5 Å². The lowest BCUT2D eigenvalue weighted by Crippen LogP contribution is -2.32. The lowest BCUT2D eigenvalue weighted by molar-refractivity contribution is -0.385. The molecule has 0 radical (unpaired) electrons. The maximum atomic E-state index is 12.2. The first-order chi connectivity index (χ1) is 12.4. The van der Waals surface area contributed by atoms with Crippen molar-refractivity contribution in [3.63, 3.8) is 0 Å². The van der Waals surface area contributed by atoms with Crippen molar-refractivity contribution in [2.75, 3.05) is 11.9 Å². The van der Waals surface area contributed by atoms with Gasteiger partial charge < -0.3 is 5.32 Å². The Bertz CT molecular complexity index is 903. The number of nitro groups is 1. The summed E-state index contributed by atoms with van der Waals surface area (Å²) in [4.78, 5) is 47.9. The number of anilines is 1. The van der Waals surface area contributed by atoms with E-state index in [-0.39, 0.29) is 18.7 Å². The van der Waals surface area contributed by atoms with E-state index in [1.165, 1.54) is 18.2 Å². The molecule has 0 saturated heterocycles. The van der Waals surface area contributed by atoms with Gasteiger partial charge in [-0.2, -0.15) is 0 Å². The second-order valence-corrected chi connectivity index (χ2v) is 5.86. The molecule has 0 aromatic heterocycles. The fraction of sp³-hybridized carbons (Fsp3) is 0.167. The van der Waals surface area contributed by atoms with Crippen LogP contribution >= 0.6 is 0 Å². The third kappa shape index (κ3) is 3.16. The zero-order valence-corrected chi connectivity index (χ0v) is 13.9. The Morgan fingerprint density at radius 3 is 2.27 bits per heavy atom. The first kappa shape index (κ1) is 17.3. The highest BCUT2D eigenvalue weighted by Crippen LogP contribution is 2.23. The van der Waals surface area contributed by atoms with Crippen LogP contribution in [0.5, 0.6) is 0 Å². The topological polar surface area (TPSA) is 110 Å². The summed E-state index contributed by atoms with van der Waals surface area (Å²) in [5.41, 5.74) is 1.48. The van der Waals surface area contributed by atoms with Gasteiger partial charge in [0.15, 0.2) is 0 Å². The zero-order valence-electron chi connectivity index (χ0n) is 13.9. The lowest BCUT2D eigenvalue weighted by Gasteiger charge is -2.13. The molecule has 0 unspecified atom stereocenters. The minimum absolute atomic E-state index is 0.0333. The van der Waals surface area contributed by atoms with Crippen molar-refractivity contribution in [3.8, 4) is 0 Å². The highest BCUT2D eigenvalue weighted by molar-refractivity contribution is 6.21. The molecule has 8 heteroatoms. The van der Waals surface area contributed by atoms with E-state index in [1.54, 1.807) is 31.2 Å². The molecule has 132 valence electrons. The molecule has 26 heavy (non-hydrogen) atoms. The average molecular weight is 353 g/mol. The molecule has 0 atom stereocenters. The number of nitrogens with one attached hydrogen (secondary N) is 1. The van der Waals surface area contributed by atoms with Crippen molar-refractivity contribution in [1.82, 2.24) is 4.90 Å². The number of fused-ring (bicyclic) bond motifs is 1. The van der Waals surface area contributed by atoms with Crippen LogP contribution in [0.3, 0.4) is 0 Å². The minimum Gasteiger partial charge on any atom is -0.326 e. The summed E-state index contributed by atoms with van der Waals surface area (Å²) < 4.78 is 0. The number of nitrogens with zero attached hydrogens (tertiary/aromatic N) is 2. The van der Waals surface area contributed by atoms with Crippen molar-refractivity contribution >= 4 is 29.1 Å². The molecular weight excluding hydrogens is 338 g/mol. The Labute approximate surface area is 148 Å². The number of imide groups is 1. The minimum atomic E-state index is -0.497. The molecule has 1 aliphatic heterocycles. The van der Waals surface area contributed by atoms with E-state index in [4.69, 9.17) is 0 Å². The van der Waals surface area contributed by atoms with Gasteiger partial charge in [0.25, 0.3) is 17.5 Å². The second-order valence-electron chi connectivity index (χ2n) is 5.86. The fourth-order valence-corrected chi connectivity index (χ4v) is 2.82. The lowest BCUT2D eigenvalue weighted by atomic mass is 10.1. The van der Waals surface area contributed by atoms with Gasteiger partial charge in [0.1, 0.15) is 0 Å². The Hall–Kier alpha value is -3.55. The summed E-state index contributed by atoms with van der Waals surface area (Å²) in [6, 6.07) is 10.8. The van der Waals surface area contributed by atoms with E-state index >= 15 is 0 Å². The molecule has 0 bridgehead atoms. The molecule has 2 aromatic carbocycles. The van der Waals surface area contributed by atoms with E-state index in [1.807, 2.05) is 0 Å². The Morgan fingerprint density at radius 1 is 1.12 bits per heavy atom. The molecule has 1 heterocycles. The number of aryl methyl sites for hydroxylation is 1. The van der Waals surface area contributed by atoms with Crippen molar-refractivity contribution < 1.29 is 19.3 Å². The van der Waals surface area contributed by atoms with Crippen LogP contribution in [0.25, 0.3) is 0 Å². The maximum absolute atomic E-state index is 12.2. The molecular formula is C18H15N3O5. The van der Waals surface area contributed by atoms with Gasteiger partial charge in [-0.05, 0) is 31.2 Å². The third-order valence-electron chi connectivity index (χ3n) is 4.12. The largest absolute Gasteiger partial charge is 0.326 e. The molecule has 0 aliphatic carbocycles. The Morgan fingerprint density at radius 2 is 1.73 bits per heavy atom. The molecule has 1 N–H and O–H groups in total. The summed E-state index contributed by atoms with van der Waals surface area (Å²) in [7, 11) is 0. The van der Waals surface area contributed by atoms with Gasteiger partial charge in [0, 0.05) is 30.3 Å². The highest BCUT2D eigenvalue weighted by atomic mass is 16.6. The molecule has 3 amide bonds. The highest BCUT2D eigenvalue weighted by Gasteiger charge is 2.34. The van der Waals surface area contributed by atoms with Gasteiger partial charge in [-0.15, -0.1) is 0 Å². The molecule has 3 rings (SSSR count). The SMILES string of the molecule is Cc1cc(NC(=O)CCN2C(=O)c3ccccc3C2=O)ccc1[N+](=O)[O-]. The molecule has 2 aromatic rings. The Kier molecular flexibility index (Phi) is 4.49. The number of rotatable bonds is 5. The molecule has 0 spiro atoms. The van der Waals surface area contributed by atoms with Crippen molar-refractivity contribution in [3.05, 3.63) is 69.3 Å². The number of hydrogen-bond donors (Lipinski definition) is 1. The average Bonchev–Trinajstić information content (AvgIpc) is 2.84. The third-order valence-corrected chi connectivity index (χ3v) is 4.12. The van der Waals surface area contributed by atoms with Gasteiger partial charge >= 0.3 is 0 Å².